The van der Waals surface area contributed by atoms with Gasteiger partial charge in [0.25, 0.3) is 0 Å². The Bertz CT molecular complexity index is 425. The Kier molecular flexibility index (Phi) is 6.02. The van der Waals surface area contributed by atoms with Crippen molar-refractivity contribution in [3.63, 3.8) is 0 Å². The number of carbonyl (C=O) groups excluding carboxylic acids is 1. The number of carbonyl (C=O) groups is 1. The topological polar surface area (TPSA) is 72.9 Å². The van der Waals surface area contributed by atoms with Crippen LogP contribution in [0.5, 0.6) is 0 Å². The molecule has 1 atom stereocenters. The summed E-state index contributed by atoms with van der Waals surface area (Å²) in [4.78, 5) is 12.1. The molecule has 0 aliphatic carbocycles. The fraction of sp³-hybridized carbons (Fsp3) is 0.714. The lowest BCUT2D eigenvalue weighted by molar-refractivity contribution is -0.121. The van der Waals surface area contributed by atoms with Crippen LogP contribution in [0.15, 0.2) is 0 Å². The van der Waals surface area contributed by atoms with E-state index >= 15 is 0 Å². The molecule has 1 aromatic rings. The predicted octanol–water partition coefficient (Wildman–Crippen LogP) is 1.21. The lowest BCUT2D eigenvalue weighted by Gasteiger charge is -2.16. The molecule has 5 heteroatoms. The van der Waals surface area contributed by atoms with Crippen molar-refractivity contribution in [3.05, 3.63) is 17.0 Å². The van der Waals surface area contributed by atoms with Crippen LogP contribution in [0.2, 0.25) is 0 Å². The van der Waals surface area contributed by atoms with Crippen LogP contribution in [0.25, 0.3) is 0 Å². The Hall–Kier alpha value is -1.36. The number of hydrogen-bond donors (Lipinski definition) is 2. The quantitative estimate of drug-likeness (QED) is 0.779. The maximum absolute atomic E-state index is 12.1. The Labute approximate surface area is 115 Å². The molecule has 1 heterocycles. The third-order valence-electron chi connectivity index (χ3n) is 3.55. The molecule has 0 fully saturated rings. The van der Waals surface area contributed by atoms with E-state index in [0.717, 1.165) is 36.2 Å². The molecular formula is C14H26N4O. The molecule has 1 amide bonds. The monoisotopic (exact) mass is 266 g/mol. The molecule has 0 aliphatic rings. The third-order valence-corrected chi connectivity index (χ3v) is 3.55. The Balaban J connectivity index is 2.59. The van der Waals surface area contributed by atoms with E-state index in [1.54, 1.807) is 0 Å². The summed E-state index contributed by atoms with van der Waals surface area (Å²) in [6.45, 7) is 6.56. The number of aromatic nitrogens is 2. The van der Waals surface area contributed by atoms with Gasteiger partial charge in [-0.3, -0.25) is 9.48 Å². The van der Waals surface area contributed by atoms with Gasteiger partial charge >= 0.3 is 0 Å². The zero-order valence-corrected chi connectivity index (χ0v) is 12.5. The summed E-state index contributed by atoms with van der Waals surface area (Å²) in [7, 11) is 1.90. The summed E-state index contributed by atoms with van der Waals surface area (Å²) < 4.78 is 1.81. The number of aryl methyl sites for hydroxylation is 2. The van der Waals surface area contributed by atoms with E-state index in [9.17, 15) is 4.79 Å². The fourth-order valence-electron chi connectivity index (χ4n) is 2.21. The lowest BCUT2D eigenvalue weighted by atomic mass is 10.1. The molecule has 0 saturated carbocycles. The standard InChI is InChI=1S/C14H26N4O/c1-5-6-7-12(9-15)16-14(19)8-13-10(2)17-18(4)11(13)3/h12H,5-9,15H2,1-4H3,(H,16,19). The molecule has 5 nitrogen and oxygen atoms in total. The van der Waals surface area contributed by atoms with E-state index in [0.29, 0.717) is 13.0 Å². The van der Waals surface area contributed by atoms with Gasteiger partial charge in [0.15, 0.2) is 0 Å². The second-order valence-electron chi connectivity index (χ2n) is 5.09. The summed E-state index contributed by atoms with van der Waals surface area (Å²) in [5.74, 6) is 0.0331. The van der Waals surface area contributed by atoms with Crippen LogP contribution in [-0.4, -0.2) is 28.3 Å². The zero-order chi connectivity index (χ0) is 14.4. The minimum atomic E-state index is 0.0331. The molecule has 0 radical (unpaired) electrons. The molecule has 0 aliphatic heterocycles. The normalized spacial score (nSPS) is 12.5. The minimum Gasteiger partial charge on any atom is -0.352 e. The van der Waals surface area contributed by atoms with E-state index in [1.165, 1.54) is 0 Å². The molecule has 1 aromatic heterocycles. The fourth-order valence-corrected chi connectivity index (χ4v) is 2.21. The van der Waals surface area contributed by atoms with Crippen molar-refractivity contribution in [2.24, 2.45) is 12.8 Å². The molecule has 0 saturated heterocycles. The maximum atomic E-state index is 12.1. The van der Waals surface area contributed by atoms with E-state index in [-0.39, 0.29) is 11.9 Å². The number of rotatable bonds is 7. The van der Waals surface area contributed by atoms with Crippen LogP contribution < -0.4 is 11.1 Å². The molecule has 1 rings (SSSR count). The first-order valence-electron chi connectivity index (χ1n) is 6.98. The highest BCUT2D eigenvalue weighted by molar-refractivity contribution is 5.79. The van der Waals surface area contributed by atoms with Gasteiger partial charge in [-0.2, -0.15) is 5.10 Å². The SMILES string of the molecule is CCCCC(CN)NC(=O)Cc1c(C)nn(C)c1C. The van der Waals surface area contributed by atoms with Crippen LogP contribution in [-0.2, 0) is 18.3 Å². The average Bonchev–Trinajstić information content (AvgIpc) is 2.61. The van der Waals surface area contributed by atoms with E-state index in [4.69, 9.17) is 5.73 Å². The van der Waals surface area contributed by atoms with E-state index in [2.05, 4.69) is 17.3 Å². The summed E-state index contributed by atoms with van der Waals surface area (Å²) in [5, 5.41) is 7.34. The Morgan fingerprint density at radius 1 is 1.47 bits per heavy atom. The molecule has 0 bridgehead atoms. The molecule has 19 heavy (non-hydrogen) atoms. The second-order valence-corrected chi connectivity index (χ2v) is 5.09. The van der Waals surface area contributed by atoms with Crippen LogP contribution in [0.3, 0.4) is 0 Å². The number of hydrogen-bond acceptors (Lipinski definition) is 3. The van der Waals surface area contributed by atoms with Gasteiger partial charge in [0.1, 0.15) is 0 Å². The molecule has 3 N–H and O–H groups in total. The first kappa shape index (κ1) is 15.7. The minimum absolute atomic E-state index is 0.0331. The average molecular weight is 266 g/mol. The van der Waals surface area contributed by atoms with Gasteiger partial charge in [0.2, 0.25) is 5.91 Å². The van der Waals surface area contributed by atoms with Gasteiger partial charge in [-0.1, -0.05) is 19.8 Å². The first-order valence-corrected chi connectivity index (χ1v) is 6.98. The highest BCUT2D eigenvalue weighted by atomic mass is 16.1. The van der Waals surface area contributed by atoms with Crippen molar-refractivity contribution >= 4 is 5.91 Å². The van der Waals surface area contributed by atoms with Crippen molar-refractivity contribution in [1.82, 2.24) is 15.1 Å². The highest BCUT2D eigenvalue weighted by Crippen LogP contribution is 2.12. The van der Waals surface area contributed by atoms with E-state index in [1.807, 2.05) is 25.6 Å². The molecule has 0 spiro atoms. The largest absolute Gasteiger partial charge is 0.352 e. The third kappa shape index (κ3) is 4.35. The van der Waals surface area contributed by atoms with Crippen LogP contribution in [0, 0.1) is 13.8 Å². The van der Waals surface area contributed by atoms with Crippen molar-refractivity contribution in [2.45, 2.75) is 52.5 Å². The smallest absolute Gasteiger partial charge is 0.224 e. The van der Waals surface area contributed by atoms with Crippen molar-refractivity contribution in [3.8, 4) is 0 Å². The summed E-state index contributed by atoms with van der Waals surface area (Å²) in [6, 6.07) is 0.0877. The lowest BCUT2D eigenvalue weighted by Crippen LogP contribution is -2.41. The van der Waals surface area contributed by atoms with Gasteiger partial charge in [0, 0.05) is 30.9 Å². The summed E-state index contributed by atoms with van der Waals surface area (Å²) in [5.41, 5.74) is 8.68. The van der Waals surface area contributed by atoms with Gasteiger partial charge in [-0.05, 0) is 20.3 Å². The number of nitrogens with zero attached hydrogens (tertiary/aromatic N) is 2. The molecule has 0 aromatic carbocycles. The van der Waals surface area contributed by atoms with Crippen LogP contribution in [0.4, 0.5) is 0 Å². The van der Waals surface area contributed by atoms with Gasteiger partial charge in [0.05, 0.1) is 12.1 Å². The first-order chi connectivity index (χ1) is 8.99. The second kappa shape index (κ2) is 7.28. The molecule has 108 valence electrons. The van der Waals surface area contributed by atoms with E-state index < -0.39 is 0 Å². The zero-order valence-electron chi connectivity index (χ0n) is 12.5. The summed E-state index contributed by atoms with van der Waals surface area (Å²) >= 11 is 0. The Morgan fingerprint density at radius 3 is 2.63 bits per heavy atom. The number of nitrogens with one attached hydrogen (secondary N) is 1. The van der Waals surface area contributed by atoms with Crippen LogP contribution in [0.1, 0.15) is 43.1 Å². The van der Waals surface area contributed by atoms with Crippen LogP contribution >= 0.6 is 0 Å². The van der Waals surface area contributed by atoms with Crippen molar-refractivity contribution in [2.75, 3.05) is 6.54 Å². The maximum Gasteiger partial charge on any atom is 0.224 e. The number of nitrogens with two attached hydrogens (primary N) is 1. The Morgan fingerprint density at radius 2 is 2.16 bits per heavy atom. The molecular weight excluding hydrogens is 240 g/mol. The predicted molar refractivity (Wildman–Crippen MR) is 76.9 cm³/mol. The summed E-state index contributed by atoms with van der Waals surface area (Å²) in [6.07, 6.45) is 3.54. The highest BCUT2D eigenvalue weighted by Gasteiger charge is 2.15. The van der Waals surface area contributed by atoms with Gasteiger partial charge in [-0.25, -0.2) is 0 Å². The number of unbranched alkanes of at least 4 members (excludes halogenated alkanes) is 1. The van der Waals surface area contributed by atoms with Crippen molar-refractivity contribution < 1.29 is 4.79 Å². The van der Waals surface area contributed by atoms with Gasteiger partial charge in [-0.15, -0.1) is 0 Å². The number of amides is 1. The van der Waals surface area contributed by atoms with Crippen molar-refractivity contribution in [1.29, 1.82) is 0 Å². The van der Waals surface area contributed by atoms with Gasteiger partial charge < -0.3 is 11.1 Å². The molecule has 1 unspecified atom stereocenters.